The van der Waals surface area contributed by atoms with Crippen molar-refractivity contribution in [2.24, 2.45) is 17.8 Å². The fraction of sp³-hybridized carbons (Fsp3) is 0.857. The molecule has 8 heteroatoms. The summed E-state index contributed by atoms with van der Waals surface area (Å²) in [5.41, 5.74) is 0. The average Bonchev–Trinajstić information content (AvgIpc) is 2.79. The van der Waals surface area contributed by atoms with Crippen LogP contribution in [0.5, 0.6) is 0 Å². The summed E-state index contributed by atoms with van der Waals surface area (Å²) in [6.07, 6.45) is 12.2. The van der Waals surface area contributed by atoms with Gasteiger partial charge in [0.2, 0.25) is 0 Å². The van der Waals surface area contributed by atoms with Crippen LogP contribution in [0.4, 0.5) is 16.9 Å². The summed E-state index contributed by atoms with van der Waals surface area (Å²) in [6.45, 7) is 1.33. The first kappa shape index (κ1) is 20.1. The van der Waals surface area contributed by atoms with Crippen LogP contribution in [0.1, 0.15) is 32.1 Å². The Morgan fingerprint density at radius 1 is 0.909 bits per heavy atom. The van der Waals surface area contributed by atoms with Crippen LogP contribution < -0.4 is 0 Å². The van der Waals surface area contributed by atoms with E-state index in [1.807, 2.05) is 0 Å². The van der Waals surface area contributed by atoms with Crippen molar-refractivity contribution < 1.29 is 21.4 Å². The van der Waals surface area contributed by atoms with E-state index < -0.39 is 19.5 Å². The van der Waals surface area contributed by atoms with Crippen LogP contribution in [0.25, 0.3) is 0 Å². The number of unbranched alkanes of at least 4 members (excludes halogenated alkanes) is 1. The Kier molecular flexibility index (Phi) is 5.38. The van der Waals surface area contributed by atoms with Gasteiger partial charge in [0, 0.05) is 0 Å². The zero-order valence-corrected chi connectivity index (χ0v) is 15.8. The summed E-state index contributed by atoms with van der Waals surface area (Å²) in [5, 5.41) is 0. The Morgan fingerprint density at radius 3 is 1.82 bits per heavy atom. The van der Waals surface area contributed by atoms with E-state index in [9.17, 15) is 16.9 Å². The Morgan fingerprint density at radius 2 is 1.45 bits per heavy atom. The molecule has 0 aromatic heterocycles. The number of hydrogen-bond donors (Lipinski definition) is 0. The summed E-state index contributed by atoms with van der Waals surface area (Å²) < 4.78 is 60.7. The van der Waals surface area contributed by atoms with Gasteiger partial charge in [-0.25, -0.2) is 0 Å². The third kappa shape index (κ3) is 11.6. The van der Waals surface area contributed by atoms with E-state index in [2.05, 4.69) is 33.3 Å². The van der Waals surface area contributed by atoms with Crippen molar-refractivity contribution >= 4 is 19.5 Å². The van der Waals surface area contributed by atoms with Crippen molar-refractivity contribution in [3.63, 3.8) is 0 Å². The SMILES string of the molecule is C[N+](C)(C)CCCCC1CC2C=CC1C2.[F][Sb-]([F])([F])([F])([F])[F]. The topological polar surface area (TPSA) is 0 Å². The summed E-state index contributed by atoms with van der Waals surface area (Å²) >= 11 is -11.2. The maximum atomic E-state index is 9.93. The van der Waals surface area contributed by atoms with Gasteiger partial charge in [-0.15, -0.1) is 0 Å². The molecule has 1 fully saturated rings. The van der Waals surface area contributed by atoms with Gasteiger partial charge in [-0.1, -0.05) is 12.2 Å². The molecular weight excluding hydrogens is 418 g/mol. The average molecular weight is 444 g/mol. The third-order valence-electron chi connectivity index (χ3n) is 4.07. The number of fused-ring (bicyclic) bond motifs is 2. The van der Waals surface area contributed by atoms with Crippen molar-refractivity contribution in [2.75, 3.05) is 27.7 Å². The first-order valence-electron chi connectivity index (χ1n) is 7.55. The van der Waals surface area contributed by atoms with E-state index in [1.165, 1.54) is 38.6 Å². The van der Waals surface area contributed by atoms with Crippen LogP contribution in [0.3, 0.4) is 0 Å². The number of nitrogens with zero attached hydrogens (tertiary/aromatic N) is 1. The molecule has 22 heavy (non-hydrogen) atoms. The fourth-order valence-electron chi connectivity index (χ4n) is 3.22. The molecule has 0 amide bonds. The van der Waals surface area contributed by atoms with Crippen LogP contribution in [0.2, 0.25) is 0 Å². The molecule has 0 aromatic carbocycles. The van der Waals surface area contributed by atoms with Gasteiger partial charge in [0.1, 0.15) is 0 Å². The Balaban J connectivity index is 0.000000295. The molecule has 134 valence electrons. The van der Waals surface area contributed by atoms with Gasteiger partial charge < -0.3 is 4.48 Å². The standard InChI is InChI=1S/C14H26N.6FH.Sb/c1-15(2,3)9-5-4-6-13-10-12-7-8-14(13)11-12;;;;;;;/h7-8,12-14H,4-6,9-11H2,1-3H3;6*1H;/q+1;;;;;;;+5/p-6. The Labute approximate surface area is 130 Å². The molecule has 0 aromatic rings. The maximum absolute atomic E-state index is 11.2. The molecule has 0 saturated heterocycles. The van der Waals surface area contributed by atoms with Gasteiger partial charge >= 0.3 is 36.4 Å². The third-order valence-corrected chi connectivity index (χ3v) is 4.07. The van der Waals surface area contributed by atoms with E-state index in [4.69, 9.17) is 0 Å². The molecule has 0 spiro atoms. The molecule has 2 aliphatic rings. The number of hydrogen-bond acceptors (Lipinski definition) is 0. The van der Waals surface area contributed by atoms with E-state index >= 15 is 0 Å². The molecule has 2 bridgehead atoms. The van der Waals surface area contributed by atoms with Crippen molar-refractivity contribution in [2.45, 2.75) is 32.1 Å². The summed E-state index contributed by atoms with van der Waals surface area (Å²) in [5.74, 6) is 2.95. The molecule has 0 heterocycles. The minimum absolute atomic E-state index is 0.957. The van der Waals surface area contributed by atoms with Gasteiger partial charge in [0.25, 0.3) is 0 Å². The molecule has 3 unspecified atom stereocenters. The molecule has 2 rings (SSSR count). The second kappa shape index (κ2) is 5.87. The van der Waals surface area contributed by atoms with Gasteiger partial charge in [-0.05, 0) is 49.9 Å². The van der Waals surface area contributed by atoms with Gasteiger partial charge in [-0.2, -0.15) is 0 Å². The molecule has 1 nitrogen and oxygen atoms in total. The van der Waals surface area contributed by atoms with Gasteiger partial charge in [0.05, 0.1) is 27.7 Å². The molecule has 0 aliphatic heterocycles. The molecule has 0 radical (unpaired) electrons. The second-order valence-corrected chi connectivity index (χ2v) is 13.0. The first-order valence-corrected chi connectivity index (χ1v) is 13.3. The first-order chi connectivity index (χ1) is 9.49. The van der Waals surface area contributed by atoms with Crippen LogP contribution in [-0.2, 0) is 0 Å². The van der Waals surface area contributed by atoms with Crippen molar-refractivity contribution in [1.82, 2.24) is 0 Å². The Hall–Kier alpha value is 0.0982. The van der Waals surface area contributed by atoms with E-state index in [0.29, 0.717) is 0 Å². The number of halogens is 6. The van der Waals surface area contributed by atoms with Crippen LogP contribution >= 0.6 is 0 Å². The predicted molar refractivity (Wildman–Crippen MR) is 78.0 cm³/mol. The van der Waals surface area contributed by atoms with Crippen molar-refractivity contribution in [1.29, 1.82) is 0 Å². The molecule has 3 atom stereocenters. The van der Waals surface area contributed by atoms with E-state index in [0.717, 1.165) is 22.2 Å². The van der Waals surface area contributed by atoms with Crippen molar-refractivity contribution in [3.05, 3.63) is 12.2 Å². The molecular formula is C14H26F6NSb. The van der Waals surface area contributed by atoms with Gasteiger partial charge in [0.15, 0.2) is 0 Å². The Bertz CT molecular complexity index is 397. The molecule has 1 saturated carbocycles. The van der Waals surface area contributed by atoms with E-state index in [1.54, 1.807) is 0 Å². The zero-order valence-electron chi connectivity index (χ0n) is 13.3. The quantitative estimate of drug-likeness (QED) is 0.180. The van der Waals surface area contributed by atoms with Crippen LogP contribution in [-0.4, -0.2) is 51.6 Å². The van der Waals surface area contributed by atoms with Crippen LogP contribution in [0.15, 0.2) is 12.2 Å². The predicted octanol–water partition coefficient (Wildman–Crippen LogP) is 5.22. The minimum atomic E-state index is -11.2. The number of quaternary nitrogens is 1. The number of rotatable bonds is 5. The van der Waals surface area contributed by atoms with Crippen molar-refractivity contribution in [3.8, 4) is 0 Å². The van der Waals surface area contributed by atoms with Gasteiger partial charge in [-0.3, -0.25) is 0 Å². The second-order valence-electron chi connectivity index (χ2n) is 7.51. The zero-order chi connectivity index (χ0) is 17.3. The molecule has 0 N–H and O–H groups in total. The number of allylic oxidation sites excluding steroid dienone is 2. The monoisotopic (exact) mass is 443 g/mol. The molecule has 2 aliphatic carbocycles. The normalized spacial score (nSPS) is 30.5. The fourth-order valence-corrected chi connectivity index (χ4v) is 3.22. The van der Waals surface area contributed by atoms with E-state index in [-0.39, 0.29) is 0 Å². The van der Waals surface area contributed by atoms with Crippen LogP contribution in [0, 0.1) is 17.8 Å². The summed E-state index contributed by atoms with van der Waals surface area (Å²) in [4.78, 5) is 0. The summed E-state index contributed by atoms with van der Waals surface area (Å²) in [7, 11) is 6.88. The summed E-state index contributed by atoms with van der Waals surface area (Å²) in [6, 6.07) is 0.